The molecule has 1 aromatic carbocycles. The van der Waals surface area contributed by atoms with Crippen molar-refractivity contribution in [1.29, 1.82) is 5.26 Å². The van der Waals surface area contributed by atoms with Crippen LogP contribution in [0.15, 0.2) is 60.8 Å². The maximum atomic E-state index is 9.13. The average Bonchev–Trinajstić information content (AvgIpc) is 2.78. The van der Waals surface area contributed by atoms with E-state index in [1.807, 2.05) is 53.1 Å². The quantitative estimate of drug-likeness (QED) is 0.614. The predicted molar refractivity (Wildman–Crippen MR) is 67.5 cm³/mol. The maximum Gasteiger partial charge on any atom is 0.101 e. The van der Waals surface area contributed by atoms with Crippen LogP contribution in [0.25, 0.3) is 16.8 Å². The lowest BCUT2D eigenvalue weighted by Crippen LogP contribution is -1.86. The fraction of sp³-hybridized carbons (Fsp3) is 0. The summed E-state index contributed by atoms with van der Waals surface area (Å²) < 4.78 is 2.05. The van der Waals surface area contributed by atoms with Gasteiger partial charge in [-0.2, -0.15) is 5.26 Å². The number of rotatable bonds is 1. The second kappa shape index (κ2) is 3.80. The number of hydrogen-bond acceptors (Lipinski definition) is 1. The molecule has 0 radical (unpaired) electrons. The zero-order valence-corrected chi connectivity index (χ0v) is 9.17. The standard InChI is InChI=1S/C15H10N2/c16-11-13-10-15(12-6-2-1-3-7-12)17-9-5-4-8-14(13)17/h1-10H. The van der Waals surface area contributed by atoms with E-state index in [9.17, 15) is 0 Å². The molecule has 0 unspecified atom stereocenters. The molecule has 2 aromatic heterocycles. The van der Waals surface area contributed by atoms with Crippen molar-refractivity contribution < 1.29 is 0 Å². The summed E-state index contributed by atoms with van der Waals surface area (Å²) in [6.45, 7) is 0. The van der Waals surface area contributed by atoms with Gasteiger partial charge in [0.2, 0.25) is 0 Å². The SMILES string of the molecule is N#Cc1cc(-c2ccccc2)n2ccccc12. The van der Waals surface area contributed by atoms with E-state index in [2.05, 4.69) is 18.2 Å². The summed E-state index contributed by atoms with van der Waals surface area (Å²) in [5.41, 5.74) is 3.84. The molecule has 0 spiro atoms. The highest BCUT2D eigenvalue weighted by Crippen LogP contribution is 2.25. The van der Waals surface area contributed by atoms with Crippen LogP contribution in [0.4, 0.5) is 0 Å². The zero-order chi connectivity index (χ0) is 11.7. The van der Waals surface area contributed by atoms with E-state index < -0.39 is 0 Å². The molecule has 2 nitrogen and oxygen atoms in total. The van der Waals surface area contributed by atoms with Gasteiger partial charge in [-0.15, -0.1) is 0 Å². The molecule has 0 aliphatic heterocycles. The summed E-state index contributed by atoms with van der Waals surface area (Å²) in [6, 6.07) is 20.2. The highest BCUT2D eigenvalue weighted by Gasteiger charge is 2.08. The summed E-state index contributed by atoms with van der Waals surface area (Å²) in [7, 11) is 0. The van der Waals surface area contributed by atoms with Gasteiger partial charge >= 0.3 is 0 Å². The van der Waals surface area contributed by atoms with E-state index in [1.165, 1.54) is 0 Å². The number of nitriles is 1. The first-order valence-corrected chi connectivity index (χ1v) is 5.46. The first kappa shape index (κ1) is 9.68. The van der Waals surface area contributed by atoms with Crippen molar-refractivity contribution >= 4 is 5.52 Å². The lowest BCUT2D eigenvalue weighted by atomic mass is 10.1. The third kappa shape index (κ3) is 1.49. The number of hydrogen-bond donors (Lipinski definition) is 0. The second-order valence-electron chi connectivity index (χ2n) is 3.88. The number of benzene rings is 1. The number of nitrogens with zero attached hydrogens (tertiary/aromatic N) is 2. The average molecular weight is 218 g/mol. The van der Waals surface area contributed by atoms with Gasteiger partial charge in [0.25, 0.3) is 0 Å². The Balaban J connectivity index is 2.35. The number of pyridine rings is 1. The van der Waals surface area contributed by atoms with Crippen molar-refractivity contribution in [1.82, 2.24) is 4.40 Å². The Hall–Kier alpha value is -2.53. The van der Waals surface area contributed by atoms with Crippen LogP contribution in [0, 0.1) is 11.3 Å². The highest BCUT2D eigenvalue weighted by atomic mass is 14.9. The van der Waals surface area contributed by atoms with Crippen molar-refractivity contribution in [3.05, 3.63) is 66.4 Å². The summed E-state index contributed by atoms with van der Waals surface area (Å²) in [5.74, 6) is 0. The fourth-order valence-corrected chi connectivity index (χ4v) is 2.07. The Morgan fingerprint density at radius 3 is 2.47 bits per heavy atom. The van der Waals surface area contributed by atoms with E-state index in [0.29, 0.717) is 5.56 Å². The van der Waals surface area contributed by atoms with Crippen molar-refractivity contribution in [3.63, 3.8) is 0 Å². The molecule has 0 aliphatic rings. The Morgan fingerprint density at radius 2 is 1.71 bits per heavy atom. The first-order valence-electron chi connectivity index (χ1n) is 5.46. The van der Waals surface area contributed by atoms with Crippen molar-refractivity contribution in [2.75, 3.05) is 0 Å². The van der Waals surface area contributed by atoms with Gasteiger partial charge in [0, 0.05) is 6.20 Å². The largest absolute Gasteiger partial charge is 0.315 e. The smallest absolute Gasteiger partial charge is 0.101 e. The maximum absolute atomic E-state index is 9.13. The van der Waals surface area contributed by atoms with Crippen molar-refractivity contribution in [2.45, 2.75) is 0 Å². The van der Waals surface area contributed by atoms with Gasteiger partial charge in [-0.25, -0.2) is 0 Å². The Morgan fingerprint density at radius 1 is 0.941 bits per heavy atom. The molecule has 2 heterocycles. The van der Waals surface area contributed by atoms with Gasteiger partial charge < -0.3 is 4.40 Å². The fourth-order valence-electron chi connectivity index (χ4n) is 2.07. The van der Waals surface area contributed by atoms with Crippen LogP contribution in [0.3, 0.4) is 0 Å². The minimum Gasteiger partial charge on any atom is -0.315 e. The normalized spacial score (nSPS) is 10.3. The molecule has 0 fully saturated rings. The summed E-state index contributed by atoms with van der Waals surface area (Å²) in [5, 5.41) is 9.13. The first-order chi connectivity index (χ1) is 8.40. The van der Waals surface area contributed by atoms with Gasteiger partial charge in [0.05, 0.1) is 16.8 Å². The van der Waals surface area contributed by atoms with Crippen LogP contribution >= 0.6 is 0 Å². The molecule has 0 bridgehead atoms. The molecule has 80 valence electrons. The van der Waals surface area contributed by atoms with Gasteiger partial charge in [0.15, 0.2) is 0 Å². The molecule has 0 N–H and O–H groups in total. The van der Waals surface area contributed by atoms with Crippen LogP contribution in [-0.4, -0.2) is 4.40 Å². The number of aromatic nitrogens is 1. The third-order valence-corrected chi connectivity index (χ3v) is 2.87. The minimum atomic E-state index is 0.712. The molecule has 3 rings (SSSR count). The third-order valence-electron chi connectivity index (χ3n) is 2.87. The molecule has 3 aromatic rings. The van der Waals surface area contributed by atoms with Crippen LogP contribution in [0.1, 0.15) is 5.56 Å². The van der Waals surface area contributed by atoms with Crippen molar-refractivity contribution in [3.8, 4) is 17.3 Å². The topological polar surface area (TPSA) is 28.2 Å². The molecule has 0 saturated carbocycles. The van der Waals surface area contributed by atoms with E-state index in [4.69, 9.17) is 5.26 Å². The van der Waals surface area contributed by atoms with Crippen molar-refractivity contribution in [2.24, 2.45) is 0 Å². The summed E-state index contributed by atoms with van der Waals surface area (Å²) >= 11 is 0. The Bertz CT molecular complexity index is 703. The summed E-state index contributed by atoms with van der Waals surface area (Å²) in [6.07, 6.45) is 1.98. The van der Waals surface area contributed by atoms with Crippen LogP contribution < -0.4 is 0 Å². The van der Waals surface area contributed by atoms with Crippen LogP contribution in [0.5, 0.6) is 0 Å². The molecule has 17 heavy (non-hydrogen) atoms. The molecule has 0 aliphatic carbocycles. The van der Waals surface area contributed by atoms with Gasteiger partial charge in [-0.05, 0) is 23.8 Å². The van der Waals surface area contributed by atoms with E-state index in [-0.39, 0.29) is 0 Å². The minimum absolute atomic E-state index is 0.712. The summed E-state index contributed by atoms with van der Waals surface area (Å²) in [4.78, 5) is 0. The van der Waals surface area contributed by atoms with E-state index in [1.54, 1.807) is 0 Å². The predicted octanol–water partition coefficient (Wildman–Crippen LogP) is 3.48. The molecule has 0 atom stereocenters. The Labute approximate surface area is 99.4 Å². The lowest BCUT2D eigenvalue weighted by molar-refractivity contribution is 1.20. The van der Waals surface area contributed by atoms with E-state index >= 15 is 0 Å². The van der Waals surface area contributed by atoms with Gasteiger partial charge in [0.1, 0.15) is 6.07 Å². The molecule has 0 amide bonds. The zero-order valence-electron chi connectivity index (χ0n) is 9.17. The molecular weight excluding hydrogens is 208 g/mol. The van der Waals surface area contributed by atoms with Gasteiger partial charge in [-0.3, -0.25) is 0 Å². The monoisotopic (exact) mass is 218 g/mol. The second-order valence-corrected chi connectivity index (χ2v) is 3.88. The number of fused-ring (bicyclic) bond motifs is 1. The van der Waals surface area contributed by atoms with Crippen LogP contribution in [0.2, 0.25) is 0 Å². The highest BCUT2D eigenvalue weighted by molar-refractivity contribution is 5.73. The van der Waals surface area contributed by atoms with Gasteiger partial charge in [-0.1, -0.05) is 36.4 Å². The Kier molecular flexibility index (Phi) is 2.16. The molecular formula is C15H10N2. The van der Waals surface area contributed by atoms with E-state index in [0.717, 1.165) is 16.8 Å². The van der Waals surface area contributed by atoms with Crippen LogP contribution in [-0.2, 0) is 0 Å². The molecule has 0 saturated heterocycles. The lowest BCUT2D eigenvalue weighted by Gasteiger charge is -2.01. The molecule has 2 heteroatoms.